The molecule has 1 aliphatic rings. The lowest BCUT2D eigenvalue weighted by Gasteiger charge is -2.31. The Kier molecular flexibility index (Phi) is 6.20. The average molecular weight is 371 g/mol. The molecular formula is C20H26N4OS. The average Bonchev–Trinajstić information content (AvgIpc) is 3.10. The van der Waals surface area contributed by atoms with Gasteiger partial charge >= 0.3 is 0 Å². The maximum absolute atomic E-state index is 9.09. The number of methoxy groups -OCH3 is 1. The van der Waals surface area contributed by atoms with Crippen LogP contribution in [0.15, 0.2) is 29.4 Å². The minimum atomic E-state index is -0.00151. The first-order chi connectivity index (χ1) is 12.6. The number of hydrogen-bond donors (Lipinski definition) is 0. The molecule has 26 heavy (non-hydrogen) atoms. The van der Waals surface area contributed by atoms with Gasteiger partial charge in [0.25, 0.3) is 0 Å². The number of rotatable bonds is 6. The van der Waals surface area contributed by atoms with E-state index in [2.05, 4.69) is 27.8 Å². The van der Waals surface area contributed by atoms with Gasteiger partial charge in [-0.1, -0.05) is 31.5 Å². The summed E-state index contributed by atoms with van der Waals surface area (Å²) < 4.78 is 7.59. The summed E-state index contributed by atoms with van der Waals surface area (Å²) in [6, 6.07) is 10.7. The van der Waals surface area contributed by atoms with Gasteiger partial charge in [0.15, 0.2) is 11.0 Å². The molecule has 3 atom stereocenters. The van der Waals surface area contributed by atoms with Gasteiger partial charge in [-0.05, 0) is 49.9 Å². The zero-order valence-electron chi connectivity index (χ0n) is 15.7. The maximum atomic E-state index is 9.09. The first-order valence-corrected chi connectivity index (χ1v) is 10.2. The van der Waals surface area contributed by atoms with Crippen LogP contribution in [0, 0.1) is 23.2 Å². The van der Waals surface area contributed by atoms with Crippen molar-refractivity contribution in [3.63, 3.8) is 0 Å². The van der Waals surface area contributed by atoms with Crippen molar-refractivity contribution >= 4 is 11.8 Å². The van der Waals surface area contributed by atoms with Crippen molar-refractivity contribution in [1.29, 1.82) is 5.26 Å². The fourth-order valence-corrected chi connectivity index (χ4v) is 4.46. The van der Waals surface area contributed by atoms with E-state index >= 15 is 0 Å². The van der Waals surface area contributed by atoms with Crippen LogP contribution in [0.5, 0.6) is 5.75 Å². The predicted molar refractivity (Wildman–Crippen MR) is 104 cm³/mol. The van der Waals surface area contributed by atoms with Crippen molar-refractivity contribution in [2.24, 2.45) is 11.8 Å². The van der Waals surface area contributed by atoms with Crippen LogP contribution in [-0.4, -0.2) is 27.6 Å². The number of nitriles is 1. The molecule has 3 rings (SSSR count). The number of hydrogen-bond acceptors (Lipinski definition) is 5. The second-order valence-electron chi connectivity index (χ2n) is 7.07. The summed E-state index contributed by atoms with van der Waals surface area (Å²) in [7, 11) is 1.67. The highest BCUT2D eigenvalue weighted by Gasteiger charge is 2.28. The van der Waals surface area contributed by atoms with Gasteiger partial charge in [0.2, 0.25) is 0 Å². The SMILES string of the molecule is COc1ccc(-c2nnc(SC[C@@H](C)C#N)n2[C@H]2CCCC[C@@H]2C)cc1. The van der Waals surface area contributed by atoms with E-state index < -0.39 is 0 Å². The van der Waals surface area contributed by atoms with E-state index in [1.807, 2.05) is 31.2 Å². The lowest BCUT2D eigenvalue weighted by atomic mass is 9.85. The zero-order valence-corrected chi connectivity index (χ0v) is 16.5. The Morgan fingerprint density at radius 3 is 2.65 bits per heavy atom. The molecule has 1 aromatic carbocycles. The quantitative estimate of drug-likeness (QED) is 0.673. The second-order valence-corrected chi connectivity index (χ2v) is 8.06. The first kappa shape index (κ1) is 18.8. The fourth-order valence-electron chi connectivity index (χ4n) is 3.53. The molecular weight excluding hydrogens is 344 g/mol. The van der Waals surface area contributed by atoms with E-state index in [0.717, 1.165) is 34.5 Å². The Morgan fingerprint density at radius 2 is 2.00 bits per heavy atom. The summed E-state index contributed by atoms with van der Waals surface area (Å²) in [6.45, 7) is 4.27. The topological polar surface area (TPSA) is 63.7 Å². The van der Waals surface area contributed by atoms with Crippen molar-refractivity contribution < 1.29 is 4.74 Å². The van der Waals surface area contributed by atoms with Crippen LogP contribution in [0.2, 0.25) is 0 Å². The van der Waals surface area contributed by atoms with Gasteiger partial charge in [-0.25, -0.2) is 0 Å². The van der Waals surface area contributed by atoms with E-state index in [4.69, 9.17) is 10.00 Å². The molecule has 0 spiro atoms. The summed E-state index contributed by atoms with van der Waals surface area (Å²) in [5.41, 5.74) is 1.05. The van der Waals surface area contributed by atoms with Gasteiger partial charge in [-0.15, -0.1) is 10.2 Å². The Labute approximate surface area is 159 Å². The van der Waals surface area contributed by atoms with Gasteiger partial charge in [-0.3, -0.25) is 4.57 Å². The summed E-state index contributed by atoms with van der Waals surface area (Å²) in [6.07, 6.45) is 4.94. The van der Waals surface area contributed by atoms with Gasteiger partial charge in [0.05, 0.1) is 19.1 Å². The van der Waals surface area contributed by atoms with Gasteiger partial charge < -0.3 is 4.74 Å². The molecule has 1 aromatic heterocycles. The van der Waals surface area contributed by atoms with E-state index in [1.165, 1.54) is 19.3 Å². The molecule has 138 valence electrons. The standard InChI is InChI=1S/C20H26N4OS/c1-14(12-21)13-26-20-23-22-19(16-8-10-17(25-3)11-9-16)24(20)18-7-5-4-6-15(18)2/h8-11,14-15,18H,4-7,13H2,1-3H3/t14-,15-,18-/m0/s1. The third-order valence-corrected chi connectivity index (χ3v) is 6.30. The van der Waals surface area contributed by atoms with Crippen LogP contribution in [0.4, 0.5) is 0 Å². The van der Waals surface area contributed by atoms with E-state index in [0.29, 0.717) is 12.0 Å². The van der Waals surface area contributed by atoms with Gasteiger partial charge in [0, 0.05) is 17.4 Å². The molecule has 0 aliphatic heterocycles. The van der Waals surface area contributed by atoms with Crippen LogP contribution in [0.25, 0.3) is 11.4 Å². The van der Waals surface area contributed by atoms with Crippen LogP contribution in [-0.2, 0) is 0 Å². The third-order valence-electron chi connectivity index (χ3n) is 5.09. The van der Waals surface area contributed by atoms with Crippen molar-refractivity contribution in [2.45, 2.75) is 50.7 Å². The Morgan fingerprint density at radius 1 is 1.27 bits per heavy atom. The maximum Gasteiger partial charge on any atom is 0.191 e. The van der Waals surface area contributed by atoms with Crippen LogP contribution in [0.3, 0.4) is 0 Å². The summed E-state index contributed by atoms with van der Waals surface area (Å²) in [5.74, 6) is 3.09. The summed E-state index contributed by atoms with van der Waals surface area (Å²) >= 11 is 1.64. The Bertz CT molecular complexity index is 765. The highest BCUT2D eigenvalue weighted by molar-refractivity contribution is 7.99. The molecule has 0 radical (unpaired) electrons. The molecule has 0 saturated heterocycles. The largest absolute Gasteiger partial charge is 0.497 e. The smallest absolute Gasteiger partial charge is 0.191 e. The van der Waals surface area contributed by atoms with E-state index in [1.54, 1.807) is 18.9 Å². The normalized spacial score (nSPS) is 21.2. The van der Waals surface area contributed by atoms with Crippen LogP contribution < -0.4 is 4.74 Å². The van der Waals surface area contributed by atoms with Gasteiger partial charge in [-0.2, -0.15) is 5.26 Å². The van der Waals surface area contributed by atoms with Crippen molar-refractivity contribution in [3.8, 4) is 23.2 Å². The molecule has 1 aliphatic carbocycles. The predicted octanol–water partition coefficient (Wildman–Crippen LogP) is 4.96. The van der Waals surface area contributed by atoms with Crippen molar-refractivity contribution in [3.05, 3.63) is 24.3 Å². The lowest BCUT2D eigenvalue weighted by Crippen LogP contribution is -2.22. The molecule has 0 amide bonds. The number of thioether (sulfide) groups is 1. The zero-order chi connectivity index (χ0) is 18.5. The Balaban J connectivity index is 1.97. The number of nitrogens with zero attached hydrogens (tertiary/aromatic N) is 4. The molecule has 0 unspecified atom stereocenters. The highest BCUT2D eigenvalue weighted by Crippen LogP contribution is 2.39. The number of benzene rings is 1. The number of aromatic nitrogens is 3. The van der Waals surface area contributed by atoms with Crippen LogP contribution >= 0.6 is 11.8 Å². The molecule has 1 saturated carbocycles. The van der Waals surface area contributed by atoms with Crippen LogP contribution in [0.1, 0.15) is 45.6 Å². The molecule has 1 fully saturated rings. The first-order valence-electron chi connectivity index (χ1n) is 9.25. The summed E-state index contributed by atoms with van der Waals surface area (Å²) in [4.78, 5) is 0. The van der Waals surface area contributed by atoms with Crippen molar-refractivity contribution in [1.82, 2.24) is 14.8 Å². The lowest BCUT2D eigenvalue weighted by molar-refractivity contribution is 0.247. The second kappa shape index (κ2) is 8.59. The molecule has 0 bridgehead atoms. The highest BCUT2D eigenvalue weighted by atomic mass is 32.2. The van der Waals surface area contributed by atoms with Crippen molar-refractivity contribution in [2.75, 3.05) is 12.9 Å². The molecule has 5 nitrogen and oxygen atoms in total. The molecule has 6 heteroatoms. The number of ether oxygens (including phenoxy) is 1. The minimum Gasteiger partial charge on any atom is -0.497 e. The van der Waals surface area contributed by atoms with Gasteiger partial charge in [0.1, 0.15) is 5.75 Å². The molecule has 2 aromatic rings. The molecule has 0 N–H and O–H groups in total. The molecule has 1 heterocycles. The van der Waals surface area contributed by atoms with E-state index in [-0.39, 0.29) is 5.92 Å². The monoisotopic (exact) mass is 370 g/mol. The summed E-state index contributed by atoms with van der Waals surface area (Å²) in [5, 5.41) is 19.0. The minimum absolute atomic E-state index is 0.00151. The van der Waals surface area contributed by atoms with E-state index in [9.17, 15) is 0 Å². The fraction of sp³-hybridized carbons (Fsp3) is 0.550. The Hall–Kier alpha value is -2.00. The third kappa shape index (κ3) is 4.04.